The molecule has 18 heavy (non-hydrogen) atoms. The number of urea groups is 1. The summed E-state index contributed by atoms with van der Waals surface area (Å²) in [6.07, 6.45) is 0. The normalized spacial score (nSPS) is 16.7. The van der Waals surface area contributed by atoms with Gasteiger partial charge in [-0.25, -0.2) is 9.69 Å². The molecule has 0 aliphatic carbocycles. The van der Waals surface area contributed by atoms with E-state index in [1.54, 1.807) is 7.05 Å². The number of carbonyl (C=O) groups is 1. The molecule has 0 atom stereocenters. The van der Waals surface area contributed by atoms with Crippen molar-refractivity contribution in [2.75, 3.05) is 18.5 Å². The first-order valence-corrected chi connectivity index (χ1v) is 6.10. The summed E-state index contributed by atoms with van der Waals surface area (Å²) < 4.78 is 0. The number of amidine groups is 1. The van der Waals surface area contributed by atoms with Crippen LogP contribution in [0.5, 0.6) is 0 Å². The monoisotopic (exact) mass is 265 g/mol. The van der Waals surface area contributed by atoms with Crippen LogP contribution in [0.15, 0.2) is 24.3 Å². The van der Waals surface area contributed by atoms with E-state index in [4.69, 9.17) is 17.0 Å². The number of hydrogen-bond donors (Lipinski definition) is 1. The topological polar surface area (TPSA) is 47.4 Å². The van der Waals surface area contributed by atoms with Crippen molar-refractivity contribution in [3.05, 3.63) is 29.8 Å². The largest absolute Gasteiger partial charge is 0.330 e. The molecule has 4 nitrogen and oxygen atoms in total. The molecular formula is C13H16ClN3O. The lowest BCUT2D eigenvalue weighted by atomic mass is 10.0. The maximum absolute atomic E-state index is 11.9. The predicted octanol–water partition coefficient (Wildman–Crippen LogP) is 3.01. The number of likely N-dealkylation sites (N-methyl/N-ethyl adjacent to an activating group) is 1. The average Bonchev–Trinajstić information content (AvgIpc) is 2.52. The first-order chi connectivity index (χ1) is 8.30. The van der Waals surface area contributed by atoms with E-state index in [0.717, 1.165) is 5.56 Å². The molecular weight excluding hydrogens is 250 g/mol. The van der Waals surface area contributed by atoms with Crippen molar-refractivity contribution in [3.63, 3.8) is 0 Å². The molecule has 1 heterocycles. The number of benzene rings is 1. The molecule has 1 N–H and O–H groups in total. The molecule has 1 aliphatic heterocycles. The lowest BCUT2D eigenvalue weighted by molar-refractivity contribution is 0.229. The van der Waals surface area contributed by atoms with Crippen LogP contribution >= 0.6 is 11.6 Å². The lowest BCUT2D eigenvalue weighted by Crippen LogP contribution is -2.31. The summed E-state index contributed by atoms with van der Waals surface area (Å²) in [7, 11) is 1.69. The molecule has 96 valence electrons. The maximum atomic E-state index is 11.9. The van der Waals surface area contributed by atoms with Crippen molar-refractivity contribution < 1.29 is 4.79 Å². The minimum Gasteiger partial charge on any atom is -0.320 e. The van der Waals surface area contributed by atoms with Gasteiger partial charge in [-0.15, -0.1) is 11.6 Å². The smallest absolute Gasteiger partial charge is 0.320 e. The molecule has 0 aromatic heterocycles. The highest BCUT2D eigenvalue weighted by Crippen LogP contribution is 2.30. The SMILES string of the molecule is CN1CC(=N)N(c2ccc(C(C)(C)Cl)cc2)C1=O. The van der Waals surface area contributed by atoms with Crippen molar-refractivity contribution in [1.82, 2.24) is 4.90 Å². The molecule has 1 aromatic carbocycles. The van der Waals surface area contributed by atoms with Crippen LogP contribution in [0.3, 0.4) is 0 Å². The third kappa shape index (κ3) is 2.20. The Kier molecular flexibility index (Phi) is 3.07. The Morgan fingerprint density at radius 3 is 2.22 bits per heavy atom. The minimum absolute atomic E-state index is 0.169. The Balaban J connectivity index is 2.31. The number of halogens is 1. The number of carbonyl (C=O) groups excluding carboxylic acids is 1. The molecule has 1 aliphatic rings. The van der Waals surface area contributed by atoms with Crippen molar-refractivity contribution in [2.45, 2.75) is 18.7 Å². The fraction of sp³-hybridized carbons (Fsp3) is 0.385. The molecule has 2 rings (SSSR count). The van der Waals surface area contributed by atoms with Crippen LogP contribution in [0.25, 0.3) is 0 Å². The third-order valence-electron chi connectivity index (χ3n) is 2.99. The average molecular weight is 266 g/mol. The van der Waals surface area contributed by atoms with Crippen molar-refractivity contribution in [1.29, 1.82) is 5.41 Å². The van der Waals surface area contributed by atoms with Crippen LogP contribution in [-0.2, 0) is 4.87 Å². The number of rotatable bonds is 2. The number of hydrogen-bond acceptors (Lipinski definition) is 2. The molecule has 0 bridgehead atoms. The highest BCUT2D eigenvalue weighted by Gasteiger charge is 2.32. The maximum Gasteiger partial charge on any atom is 0.330 e. The van der Waals surface area contributed by atoms with Gasteiger partial charge in [-0.3, -0.25) is 5.41 Å². The van der Waals surface area contributed by atoms with Gasteiger partial charge < -0.3 is 4.90 Å². The molecule has 0 radical (unpaired) electrons. The first-order valence-electron chi connectivity index (χ1n) is 5.73. The fourth-order valence-electron chi connectivity index (χ4n) is 1.92. The third-order valence-corrected chi connectivity index (χ3v) is 3.20. The zero-order valence-electron chi connectivity index (χ0n) is 10.7. The van der Waals surface area contributed by atoms with Gasteiger partial charge in [-0.1, -0.05) is 12.1 Å². The Morgan fingerprint density at radius 1 is 1.28 bits per heavy atom. The molecule has 1 aromatic rings. The van der Waals surface area contributed by atoms with E-state index in [-0.39, 0.29) is 6.03 Å². The Hall–Kier alpha value is -1.55. The van der Waals surface area contributed by atoms with Gasteiger partial charge in [0.25, 0.3) is 0 Å². The van der Waals surface area contributed by atoms with E-state index >= 15 is 0 Å². The Labute approximate surface area is 112 Å². The van der Waals surface area contributed by atoms with E-state index in [0.29, 0.717) is 18.1 Å². The van der Waals surface area contributed by atoms with Gasteiger partial charge >= 0.3 is 6.03 Å². The van der Waals surface area contributed by atoms with Gasteiger partial charge in [0.2, 0.25) is 0 Å². The molecule has 0 saturated carbocycles. The van der Waals surface area contributed by atoms with E-state index in [9.17, 15) is 4.79 Å². The van der Waals surface area contributed by atoms with Gasteiger partial charge in [0.1, 0.15) is 5.84 Å². The summed E-state index contributed by atoms with van der Waals surface area (Å²) in [6, 6.07) is 7.26. The standard InChI is InChI=1S/C13H16ClN3O/c1-13(2,14)9-4-6-10(7-5-9)17-11(15)8-16(3)12(17)18/h4-7,15H,8H2,1-3H3. The van der Waals surface area contributed by atoms with Gasteiger partial charge in [0, 0.05) is 7.05 Å². The number of amides is 2. The zero-order valence-corrected chi connectivity index (χ0v) is 11.5. The zero-order chi connectivity index (χ0) is 13.5. The van der Waals surface area contributed by atoms with Gasteiger partial charge in [0.15, 0.2) is 0 Å². The highest BCUT2D eigenvalue weighted by atomic mass is 35.5. The van der Waals surface area contributed by atoms with E-state index in [1.807, 2.05) is 38.1 Å². The second-order valence-electron chi connectivity index (χ2n) is 4.94. The van der Waals surface area contributed by atoms with E-state index < -0.39 is 4.87 Å². The fourth-order valence-corrected chi connectivity index (χ4v) is 2.05. The molecule has 1 saturated heterocycles. The van der Waals surface area contributed by atoms with Crippen LogP contribution in [0.1, 0.15) is 19.4 Å². The summed E-state index contributed by atoms with van der Waals surface area (Å²) in [4.78, 5) is 14.4. The van der Waals surface area contributed by atoms with Crippen LogP contribution in [0, 0.1) is 5.41 Å². The number of alkyl halides is 1. The van der Waals surface area contributed by atoms with Gasteiger partial charge in [-0.2, -0.15) is 0 Å². The predicted molar refractivity (Wildman–Crippen MR) is 73.6 cm³/mol. The second kappa shape index (κ2) is 4.28. The van der Waals surface area contributed by atoms with E-state index in [1.165, 1.54) is 9.80 Å². The summed E-state index contributed by atoms with van der Waals surface area (Å²) in [5, 5.41) is 7.82. The van der Waals surface area contributed by atoms with Crippen LogP contribution in [0.2, 0.25) is 0 Å². The Morgan fingerprint density at radius 2 is 1.83 bits per heavy atom. The van der Waals surface area contributed by atoms with Crippen molar-refractivity contribution >= 4 is 29.2 Å². The van der Waals surface area contributed by atoms with E-state index in [2.05, 4.69) is 0 Å². The molecule has 2 amide bonds. The van der Waals surface area contributed by atoms with Crippen molar-refractivity contribution in [3.8, 4) is 0 Å². The minimum atomic E-state index is -0.433. The lowest BCUT2D eigenvalue weighted by Gasteiger charge is -2.19. The van der Waals surface area contributed by atoms with Crippen LogP contribution < -0.4 is 4.90 Å². The summed E-state index contributed by atoms with van der Waals surface area (Å²) in [5.74, 6) is 0.292. The van der Waals surface area contributed by atoms with Crippen LogP contribution in [-0.4, -0.2) is 30.4 Å². The van der Waals surface area contributed by atoms with Gasteiger partial charge in [0.05, 0.1) is 17.1 Å². The molecule has 1 fully saturated rings. The second-order valence-corrected chi connectivity index (χ2v) is 5.88. The number of nitrogens with one attached hydrogen (secondary N) is 1. The summed E-state index contributed by atoms with van der Waals surface area (Å²) in [6.45, 7) is 4.18. The van der Waals surface area contributed by atoms with Crippen molar-refractivity contribution in [2.24, 2.45) is 0 Å². The summed E-state index contributed by atoms with van der Waals surface area (Å²) >= 11 is 6.22. The van der Waals surface area contributed by atoms with Crippen LogP contribution in [0.4, 0.5) is 10.5 Å². The highest BCUT2D eigenvalue weighted by molar-refractivity contribution is 6.23. The number of anilines is 1. The first kappa shape index (κ1) is 12.9. The Bertz CT molecular complexity index is 490. The summed E-state index contributed by atoms with van der Waals surface area (Å²) in [5.41, 5.74) is 1.69. The molecule has 0 spiro atoms. The quantitative estimate of drug-likeness (QED) is 0.821. The molecule has 5 heteroatoms. The number of nitrogens with zero attached hydrogens (tertiary/aromatic N) is 2. The molecule has 0 unspecified atom stereocenters. The van der Waals surface area contributed by atoms with Gasteiger partial charge in [-0.05, 0) is 31.5 Å².